The first-order chi connectivity index (χ1) is 9.27. The molecule has 20 heavy (non-hydrogen) atoms. The molecule has 1 aromatic rings. The maximum absolute atomic E-state index is 11.6. The first-order valence-corrected chi connectivity index (χ1v) is 7.17. The van der Waals surface area contributed by atoms with Gasteiger partial charge in [-0.05, 0) is 31.9 Å². The summed E-state index contributed by atoms with van der Waals surface area (Å²) in [5.74, 6) is -0.690. The summed E-state index contributed by atoms with van der Waals surface area (Å²) in [4.78, 5) is 11.6. The fourth-order valence-corrected chi connectivity index (χ4v) is 2.09. The molecule has 7 heteroatoms. The number of rotatable bonds is 6. The lowest BCUT2D eigenvalue weighted by Gasteiger charge is -2.23. The lowest BCUT2D eigenvalue weighted by Crippen LogP contribution is -2.36. The first-order valence-electron chi connectivity index (χ1n) is 6.14. The van der Waals surface area contributed by atoms with Crippen LogP contribution in [0.5, 0.6) is 0 Å². The van der Waals surface area contributed by atoms with Gasteiger partial charge in [0.15, 0.2) is 5.72 Å². The minimum Gasteiger partial charge on any atom is -0.466 e. The second-order valence-corrected chi connectivity index (χ2v) is 5.10. The van der Waals surface area contributed by atoms with Crippen LogP contribution in [-0.4, -0.2) is 21.3 Å². The minimum absolute atomic E-state index is 0.302. The van der Waals surface area contributed by atoms with Crippen molar-refractivity contribution in [3.8, 4) is 0 Å². The summed E-state index contributed by atoms with van der Waals surface area (Å²) in [5.41, 5.74) is 5.72. The topological polar surface area (TPSA) is 98.9 Å². The molecule has 6 nitrogen and oxygen atoms in total. The van der Waals surface area contributed by atoms with Crippen LogP contribution in [0.3, 0.4) is 0 Å². The Kier molecular flexibility index (Phi) is 5.82. The monoisotopic (exact) mass is 301 g/mol. The molecule has 0 fully saturated rings. The van der Waals surface area contributed by atoms with Crippen LogP contribution in [0, 0.1) is 0 Å². The normalized spacial score (nSPS) is 17.1. The van der Waals surface area contributed by atoms with Crippen LogP contribution in [0.15, 0.2) is 24.3 Å². The third-order valence-electron chi connectivity index (χ3n) is 2.87. The molecule has 0 aromatic heterocycles. The lowest BCUT2D eigenvalue weighted by molar-refractivity contribution is -0.144. The van der Waals surface area contributed by atoms with Crippen molar-refractivity contribution < 1.29 is 22.5 Å². The summed E-state index contributed by atoms with van der Waals surface area (Å²) < 4.78 is 29.1. The highest BCUT2D eigenvalue weighted by atomic mass is 32.2. The van der Waals surface area contributed by atoms with Crippen molar-refractivity contribution in [1.29, 1.82) is 0 Å². The first kappa shape index (κ1) is 16.8. The van der Waals surface area contributed by atoms with Gasteiger partial charge in [0.1, 0.15) is 0 Å². The SMILES string of the molecule is CCOC(=O)C(C)c1ccc(C(C)(N)OS(=O)O)cc1. The van der Waals surface area contributed by atoms with E-state index in [2.05, 4.69) is 0 Å². The van der Waals surface area contributed by atoms with E-state index in [1.807, 2.05) is 0 Å². The van der Waals surface area contributed by atoms with E-state index in [0.717, 1.165) is 5.56 Å². The van der Waals surface area contributed by atoms with Crippen LogP contribution in [0.1, 0.15) is 37.8 Å². The van der Waals surface area contributed by atoms with E-state index in [4.69, 9.17) is 19.2 Å². The number of hydrogen-bond acceptors (Lipinski definition) is 5. The summed E-state index contributed by atoms with van der Waals surface area (Å²) >= 11 is -2.46. The molecule has 3 N–H and O–H groups in total. The van der Waals surface area contributed by atoms with Crippen molar-refractivity contribution >= 4 is 17.3 Å². The van der Waals surface area contributed by atoms with Crippen molar-refractivity contribution in [2.24, 2.45) is 5.73 Å². The Morgan fingerprint density at radius 1 is 1.45 bits per heavy atom. The number of hydrogen-bond donors (Lipinski definition) is 2. The highest BCUT2D eigenvalue weighted by Crippen LogP contribution is 2.23. The Hall–Kier alpha value is -1.28. The Morgan fingerprint density at radius 2 is 2.00 bits per heavy atom. The van der Waals surface area contributed by atoms with Gasteiger partial charge >= 0.3 is 17.3 Å². The van der Waals surface area contributed by atoms with E-state index in [9.17, 15) is 9.00 Å². The van der Waals surface area contributed by atoms with Gasteiger partial charge in [-0.3, -0.25) is 15.1 Å². The zero-order valence-electron chi connectivity index (χ0n) is 11.7. The second-order valence-electron chi connectivity index (χ2n) is 4.50. The van der Waals surface area contributed by atoms with Gasteiger partial charge in [-0.15, -0.1) is 0 Å². The molecule has 0 saturated carbocycles. The molecule has 0 heterocycles. The highest BCUT2D eigenvalue weighted by molar-refractivity contribution is 7.74. The van der Waals surface area contributed by atoms with Crippen molar-refractivity contribution in [2.45, 2.75) is 32.4 Å². The minimum atomic E-state index is -2.46. The molecular formula is C13H19NO5S. The van der Waals surface area contributed by atoms with Gasteiger partial charge in [-0.2, -0.15) is 4.21 Å². The molecule has 112 valence electrons. The van der Waals surface area contributed by atoms with Crippen molar-refractivity contribution in [3.05, 3.63) is 35.4 Å². The van der Waals surface area contributed by atoms with Crippen LogP contribution < -0.4 is 5.73 Å². The number of carbonyl (C=O) groups is 1. The number of carbonyl (C=O) groups excluding carboxylic acids is 1. The third kappa shape index (κ3) is 4.38. The molecule has 0 radical (unpaired) electrons. The predicted molar refractivity (Wildman–Crippen MR) is 74.9 cm³/mol. The molecule has 0 aliphatic heterocycles. The van der Waals surface area contributed by atoms with Gasteiger partial charge in [0.05, 0.1) is 12.5 Å². The highest BCUT2D eigenvalue weighted by Gasteiger charge is 2.25. The molecular weight excluding hydrogens is 282 g/mol. The summed E-state index contributed by atoms with van der Waals surface area (Å²) in [6.07, 6.45) is 0. The van der Waals surface area contributed by atoms with Gasteiger partial charge in [0.2, 0.25) is 0 Å². The predicted octanol–water partition coefficient (Wildman–Crippen LogP) is 1.64. The number of nitrogens with two attached hydrogens (primary N) is 1. The van der Waals surface area contributed by atoms with Crippen molar-refractivity contribution in [1.82, 2.24) is 0 Å². The second kappa shape index (κ2) is 6.94. The molecule has 0 amide bonds. The van der Waals surface area contributed by atoms with E-state index < -0.39 is 17.1 Å². The zero-order chi connectivity index (χ0) is 15.3. The summed E-state index contributed by atoms with van der Waals surface area (Å²) in [7, 11) is 0. The Labute approximate surface area is 120 Å². The molecule has 0 spiro atoms. The Bertz CT molecular complexity index is 486. The Morgan fingerprint density at radius 3 is 2.45 bits per heavy atom. The number of benzene rings is 1. The van der Waals surface area contributed by atoms with Crippen LogP contribution >= 0.6 is 0 Å². The number of esters is 1. The third-order valence-corrected chi connectivity index (χ3v) is 3.36. The molecule has 3 atom stereocenters. The largest absolute Gasteiger partial charge is 0.466 e. The van der Waals surface area contributed by atoms with Gasteiger partial charge < -0.3 is 4.74 Å². The molecule has 0 aliphatic carbocycles. The molecule has 1 rings (SSSR count). The number of ether oxygens (including phenoxy) is 1. The van der Waals surface area contributed by atoms with E-state index >= 15 is 0 Å². The van der Waals surface area contributed by atoms with Crippen molar-refractivity contribution in [3.63, 3.8) is 0 Å². The maximum Gasteiger partial charge on any atom is 0.313 e. The molecule has 3 unspecified atom stereocenters. The lowest BCUT2D eigenvalue weighted by atomic mass is 9.97. The van der Waals surface area contributed by atoms with Crippen LogP contribution in [0.25, 0.3) is 0 Å². The van der Waals surface area contributed by atoms with Crippen LogP contribution in [0.4, 0.5) is 0 Å². The zero-order valence-corrected chi connectivity index (χ0v) is 12.5. The van der Waals surface area contributed by atoms with Crippen molar-refractivity contribution in [2.75, 3.05) is 6.61 Å². The average molecular weight is 301 g/mol. The molecule has 0 aliphatic rings. The van der Waals surface area contributed by atoms with E-state index in [-0.39, 0.29) is 11.9 Å². The molecule has 1 aromatic carbocycles. The Balaban J connectivity index is 2.88. The maximum atomic E-state index is 11.6. The van der Waals surface area contributed by atoms with Gasteiger partial charge in [-0.1, -0.05) is 24.3 Å². The van der Waals surface area contributed by atoms with Crippen LogP contribution in [-0.2, 0) is 30.8 Å². The summed E-state index contributed by atoms with van der Waals surface area (Å²) in [5, 5.41) is 0. The quantitative estimate of drug-likeness (QED) is 0.471. The standard InChI is InChI=1S/C13H19NO5S/c1-4-18-12(15)9(2)10-5-7-11(8-6-10)13(3,14)19-20(16)17/h5-9H,4,14H2,1-3H3,(H,16,17). The van der Waals surface area contributed by atoms with Gasteiger partial charge in [0.25, 0.3) is 0 Å². The summed E-state index contributed by atoms with van der Waals surface area (Å²) in [6.45, 7) is 5.30. The van der Waals surface area contributed by atoms with Gasteiger partial charge in [-0.25, -0.2) is 4.18 Å². The van der Waals surface area contributed by atoms with E-state index in [0.29, 0.717) is 12.2 Å². The fraction of sp³-hybridized carbons (Fsp3) is 0.462. The average Bonchev–Trinajstić information content (AvgIpc) is 2.37. The smallest absolute Gasteiger partial charge is 0.313 e. The summed E-state index contributed by atoms with van der Waals surface area (Å²) in [6, 6.07) is 6.73. The molecule has 0 saturated heterocycles. The van der Waals surface area contributed by atoms with E-state index in [1.165, 1.54) is 6.92 Å². The molecule has 0 bridgehead atoms. The fourth-order valence-electron chi connectivity index (χ4n) is 1.70. The van der Waals surface area contributed by atoms with Crippen LogP contribution in [0.2, 0.25) is 0 Å². The van der Waals surface area contributed by atoms with E-state index in [1.54, 1.807) is 38.1 Å². The van der Waals surface area contributed by atoms with Gasteiger partial charge in [0, 0.05) is 0 Å².